The van der Waals surface area contributed by atoms with Crippen molar-refractivity contribution in [3.63, 3.8) is 0 Å². The summed E-state index contributed by atoms with van der Waals surface area (Å²) in [5, 5.41) is 2.36. The summed E-state index contributed by atoms with van der Waals surface area (Å²) in [5.41, 5.74) is 5.16. The van der Waals surface area contributed by atoms with Crippen LogP contribution in [0.2, 0.25) is 0 Å². The maximum atomic E-state index is 12.4. The number of imide groups is 1. The highest BCUT2D eigenvalue weighted by Gasteiger charge is 2.32. The molecule has 0 aromatic carbocycles. The predicted octanol–water partition coefficient (Wildman–Crippen LogP) is 7.52. The van der Waals surface area contributed by atoms with E-state index in [0.29, 0.717) is 25.8 Å². The van der Waals surface area contributed by atoms with Crippen LogP contribution in [0.3, 0.4) is 0 Å². The third kappa shape index (κ3) is 17.9. The van der Waals surface area contributed by atoms with Gasteiger partial charge < -0.3 is 5.73 Å². The lowest BCUT2D eigenvalue weighted by atomic mass is 10.0. The highest BCUT2D eigenvalue weighted by Crippen LogP contribution is 2.16. The van der Waals surface area contributed by atoms with E-state index >= 15 is 0 Å². The van der Waals surface area contributed by atoms with Crippen LogP contribution < -0.4 is 5.73 Å². The van der Waals surface area contributed by atoms with E-state index in [1.54, 1.807) is 0 Å². The van der Waals surface area contributed by atoms with E-state index in [0.717, 1.165) is 37.1 Å². The van der Waals surface area contributed by atoms with E-state index < -0.39 is 11.8 Å². The van der Waals surface area contributed by atoms with Crippen molar-refractivity contribution in [2.45, 2.75) is 161 Å². The fourth-order valence-electron chi connectivity index (χ4n) is 5.23. The Balaban J connectivity index is 1.86. The summed E-state index contributed by atoms with van der Waals surface area (Å²) < 4.78 is 0. The first-order valence-electron chi connectivity index (χ1n) is 16.1. The van der Waals surface area contributed by atoms with Crippen molar-refractivity contribution in [1.29, 1.82) is 0 Å². The van der Waals surface area contributed by atoms with Gasteiger partial charge in [0, 0.05) is 31.5 Å². The molecule has 0 bridgehead atoms. The van der Waals surface area contributed by atoms with Gasteiger partial charge in [-0.1, -0.05) is 129 Å². The molecule has 1 heterocycles. The van der Waals surface area contributed by atoms with Gasteiger partial charge in [-0.2, -0.15) is 5.01 Å². The van der Waals surface area contributed by atoms with Gasteiger partial charge in [-0.05, 0) is 19.3 Å². The third-order valence-electron chi connectivity index (χ3n) is 7.57. The molecule has 0 atom stereocenters. The highest BCUT2D eigenvalue weighted by molar-refractivity contribution is 6.13. The average Bonchev–Trinajstić information content (AvgIpc) is 3.24. The van der Waals surface area contributed by atoms with Gasteiger partial charge in [-0.15, -0.1) is 0 Å². The summed E-state index contributed by atoms with van der Waals surface area (Å²) in [6, 6.07) is 0. The molecule has 0 saturated heterocycles. The Kier molecular flexibility index (Phi) is 21.2. The Morgan fingerprint density at radius 3 is 1.26 bits per heavy atom. The van der Waals surface area contributed by atoms with E-state index in [2.05, 4.69) is 0 Å². The second-order valence-corrected chi connectivity index (χ2v) is 11.2. The molecule has 1 aliphatic rings. The van der Waals surface area contributed by atoms with Crippen molar-refractivity contribution in [2.24, 2.45) is 5.73 Å². The highest BCUT2D eigenvalue weighted by atomic mass is 16.2. The lowest BCUT2D eigenvalue weighted by molar-refractivity contribution is -0.167. The summed E-state index contributed by atoms with van der Waals surface area (Å²) in [5.74, 6) is -1.16. The normalized spacial score (nSPS) is 13.0. The Labute approximate surface area is 238 Å². The lowest BCUT2D eigenvalue weighted by Crippen LogP contribution is -2.50. The van der Waals surface area contributed by atoms with Gasteiger partial charge in [0.1, 0.15) is 0 Å². The summed E-state index contributed by atoms with van der Waals surface area (Å²) in [7, 11) is 0. The molecule has 0 radical (unpaired) electrons. The maximum Gasteiger partial charge on any atom is 0.272 e. The van der Waals surface area contributed by atoms with E-state index in [1.807, 2.05) is 6.92 Å². The zero-order valence-electron chi connectivity index (χ0n) is 24.9. The van der Waals surface area contributed by atoms with Gasteiger partial charge in [-0.3, -0.25) is 19.2 Å². The van der Waals surface area contributed by atoms with E-state index in [9.17, 15) is 19.2 Å². The molecule has 0 aliphatic carbocycles. The summed E-state index contributed by atoms with van der Waals surface area (Å²) >= 11 is 0. The molecular formula is C32H57N3O4. The number of rotatable bonds is 27. The SMILES string of the molecule is CCCC(=O)N(CCCCCCCCCCCCCCCCCCCCCCCC(N)=O)N1C(=O)C=CC1=O. The minimum absolute atomic E-state index is 0.152. The number of hydrazine groups is 1. The zero-order valence-corrected chi connectivity index (χ0v) is 24.9. The quantitative estimate of drug-likeness (QED) is 0.0848. The fraction of sp³-hybridized carbons (Fsp3) is 0.812. The van der Waals surface area contributed by atoms with Crippen LogP contribution in [0.1, 0.15) is 161 Å². The first-order chi connectivity index (χ1) is 19.0. The third-order valence-corrected chi connectivity index (χ3v) is 7.57. The molecule has 0 aromatic heterocycles. The largest absolute Gasteiger partial charge is 0.370 e. The Bertz CT molecular complexity index is 704. The Morgan fingerprint density at radius 2 is 0.923 bits per heavy atom. The topological polar surface area (TPSA) is 101 Å². The molecule has 1 rings (SSSR count). The van der Waals surface area contributed by atoms with Crippen LogP contribution in [-0.2, 0) is 19.2 Å². The second kappa shape index (κ2) is 23.7. The number of amides is 4. The molecule has 224 valence electrons. The average molecular weight is 548 g/mol. The minimum atomic E-state index is -0.418. The van der Waals surface area contributed by atoms with Crippen molar-refractivity contribution < 1.29 is 19.2 Å². The van der Waals surface area contributed by atoms with Gasteiger partial charge in [0.25, 0.3) is 11.8 Å². The fourth-order valence-corrected chi connectivity index (χ4v) is 5.23. The van der Waals surface area contributed by atoms with Crippen molar-refractivity contribution in [1.82, 2.24) is 10.0 Å². The number of hydrogen-bond acceptors (Lipinski definition) is 4. The predicted molar refractivity (Wildman–Crippen MR) is 158 cm³/mol. The maximum absolute atomic E-state index is 12.4. The van der Waals surface area contributed by atoms with Crippen LogP contribution in [0.4, 0.5) is 0 Å². The molecule has 0 saturated carbocycles. The number of carbonyl (C=O) groups is 4. The van der Waals surface area contributed by atoms with Gasteiger partial charge >= 0.3 is 0 Å². The number of hydrogen-bond donors (Lipinski definition) is 1. The molecule has 4 amide bonds. The second-order valence-electron chi connectivity index (χ2n) is 11.2. The number of primary amides is 1. The molecule has 0 fully saturated rings. The van der Waals surface area contributed by atoms with Crippen molar-refractivity contribution in [2.75, 3.05) is 6.54 Å². The monoisotopic (exact) mass is 547 g/mol. The lowest BCUT2D eigenvalue weighted by Gasteiger charge is -2.30. The molecule has 39 heavy (non-hydrogen) atoms. The van der Waals surface area contributed by atoms with Gasteiger partial charge in [0.05, 0.1) is 0 Å². The minimum Gasteiger partial charge on any atom is -0.370 e. The summed E-state index contributed by atoms with van der Waals surface area (Å²) in [6.07, 6.45) is 30.4. The zero-order chi connectivity index (χ0) is 28.6. The molecule has 7 heteroatoms. The first-order valence-corrected chi connectivity index (χ1v) is 16.1. The van der Waals surface area contributed by atoms with Crippen LogP contribution in [-0.4, -0.2) is 40.2 Å². The van der Waals surface area contributed by atoms with E-state index in [1.165, 1.54) is 120 Å². The Morgan fingerprint density at radius 1 is 0.590 bits per heavy atom. The summed E-state index contributed by atoms with van der Waals surface area (Å²) in [6.45, 7) is 2.35. The van der Waals surface area contributed by atoms with Crippen LogP contribution in [0, 0.1) is 0 Å². The number of nitrogens with two attached hydrogens (primary N) is 1. The number of nitrogens with zero attached hydrogens (tertiary/aromatic N) is 2. The van der Waals surface area contributed by atoms with Gasteiger partial charge in [0.15, 0.2) is 0 Å². The van der Waals surface area contributed by atoms with Crippen LogP contribution in [0.15, 0.2) is 12.2 Å². The molecule has 0 aromatic rings. The molecule has 1 aliphatic heterocycles. The van der Waals surface area contributed by atoms with Crippen molar-refractivity contribution in [3.8, 4) is 0 Å². The summed E-state index contributed by atoms with van der Waals surface area (Å²) in [4.78, 5) is 47.1. The van der Waals surface area contributed by atoms with E-state index in [4.69, 9.17) is 5.73 Å². The number of carbonyl (C=O) groups excluding carboxylic acids is 4. The van der Waals surface area contributed by atoms with Crippen molar-refractivity contribution in [3.05, 3.63) is 12.2 Å². The van der Waals surface area contributed by atoms with E-state index in [-0.39, 0.29) is 11.8 Å². The first kappa shape index (κ1) is 34.8. The molecule has 2 N–H and O–H groups in total. The Hall–Kier alpha value is -2.18. The van der Waals surface area contributed by atoms with Gasteiger partial charge in [0.2, 0.25) is 11.8 Å². The smallest absolute Gasteiger partial charge is 0.272 e. The standard InChI is InChI=1S/C32H57N3O4/c1-2-24-30(37)34(35-31(38)26-27-32(35)39)28-23-21-19-17-15-13-11-9-7-5-3-4-6-8-10-12-14-16-18-20-22-25-29(33)36/h26-27H,2-25,28H2,1H3,(H2,33,36). The van der Waals surface area contributed by atoms with Crippen LogP contribution >= 0.6 is 0 Å². The number of unbranched alkanes of at least 4 members (excludes halogenated alkanes) is 20. The molecular weight excluding hydrogens is 490 g/mol. The molecule has 7 nitrogen and oxygen atoms in total. The molecule has 0 unspecified atom stereocenters. The van der Waals surface area contributed by atoms with Crippen LogP contribution in [0.5, 0.6) is 0 Å². The van der Waals surface area contributed by atoms with Crippen molar-refractivity contribution >= 4 is 23.6 Å². The van der Waals surface area contributed by atoms with Gasteiger partial charge in [-0.25, -0.2) is 5.01 Å². The molecule has 0 spiro atoms. The van der Waals surface area contributed by atoms with Crippen LogP contribution in [0.25, 0.3) is 0 Å².